The molecule has 18 heavy (non-hydrogen) atoms. The number of thiazole rings is 1. The Morgan fingerprint density at radius 2 is 1.89 bits per heavy atom. The van der Waals surface area contributed by atoms with Crippen molar-refractivity contribution in [3.63, 3.8) is 0 Å². The fourth-order valence-electron chi connectivity index (χ4n) is 1.97. The number of nitrogens with zero attached hydrogens (tertiary/aromatic N) is 2. The molecule has 0 unspecified atom stereocenters. The van der Waals surface area contributed by atoms with Crippen molar-refractivity contribution in [3.8, 4) is 0 Å². The van der Waals surface area contributed by atoms with Crippen LogP contribution in [0, 0.1) is 20.8 Å². The van der Waals surface area contributed by atoms with E-state index in [0.717, 1.165) is 6.54 Å². The maximum Gasteiger partial charge on any atom is 0.113 e. The number of hydrogen-bond donors (Lipinski definition) is 0. The highest BCUT2D eigenvalue weighted by Crippen LogP contribution is 2.25. The van der Waals surface area contributed by atoms with Crippen molar-refractivity contribution in [2.75, 3.05) is 0 Å². The van der Waals surface area contributed by atoms with Gasteiger partial charge in [0.15, 0.2) is 0 Å². The Hall–Kier alpha value is -1.09. The molecule has 0 amide bonds. The summed E-state index contributed by atoms with van der Waals surface area (Å²) >= 11 is 1.76. The Balaban J connectivity index is 2.24. The van der Waals surface area contributed by atoms with Gasteiger partial charge in [-0.15, -0.1) is 11.3 Å². The summed E-state index contributed by atoms with van der Waals surface area (Å²) in [5.41, 5.74) is 5.44. The summed E-state index contributed by atoms with van der Waals surface area (Å²) in [4.78, 5) is 4.75. The minimum Gasteiger partial charge on any atom is -0.344 e. The molecule has 0 aliphatic heterocycles. The van der Waals surface area contributed by atoms with Gasteiger partial charge in [0.2, 0.25) is 0 Å². The normalized spacial score (nSPS) is 12.1. The van der Waals surface area contributed by atoms with Gasteiger partial charge in [0.1, 0.15) is 5.01 Å². The van der Waals surface area contributed by atoms with Crippen LogP contribution < -0.4 is 0 Å². The zero-order chi connectivity index (χ0) is 13.5. The fourth-order valence-corrected chi connectivity index (χ4v) is 2.98. The van der Waals surface area contributed by atoms with Gasteiger partial charge in [0.05, 0.1) is 12.2 Å². The molecule has 0 radical (unpaired) electrons. The summed E-state index contributed by atoms with van der Waals surface area (Å²) in [5.74, 6) is 0. The molecule has 3 heteroatoms. The quantitative estimate of drug-likeness (QED) is 0.792. The van der Waals surface area contributed by atoms with E-state index in [1.807, 2.05) is 0 Å². The molecule has 0 spiro atoms. The van der Waals surface area contributed by atoms with Crippen LogP contribution in [0.15, 0.2) is 11.6 Å². The Kier molecular flexibility index (Phi) is 3.37. The zero-order valence-corrected chi connectivity index (χ0v) is 13.0. The van der Waals surface area contributed by atoms with Crippen molar-refractivity contribution >= 4 is 11.3 Å². The third-order valence-electron chi connectivity index (χ3n) is 3.54. The summed E-state index contributed by atoms with van der Waals surface area (Å²) in [6.07, 6.45) is 2.23. The third-order valence-corrected chi connectivity index (χ3v) is 4.37. The van der Waals surface area contributed by atoms with Crippen molar-refractivity contribution in [3.05, 3.63) is 39.1 Å². The van der Waals surface area contributed by atoms with E-state index in [9.17, 15) is 0 Å². The van der Waals surface area contributed by atoms with Gasteiger partial charge in [0.25, 0.3) is 0 Å². The SMILES string of the molecule is Cc1cn(Cc2nc(C(C)(C)C)cs2)c(C)c1C. The maximum atomic E-state index is 4.75. The van der Waals surface area contributed by atoms with Crippen LogP contribution in [0.2, 0.25) is 0 Å². The first-order valence-electron chi connectivity index (χ1n) is 6.37. The second-order valence-corrected chi connectivity index (χ2v) is 6.97. The van der Waals surface area contributed by atoms with E-state index in [4.69, 9.17) is 4.98 Å². The van der Waals surface area contributed by atoms with Gasteiger partial charge in [-0.2, -0.15) is 0 Å². The van der Waals surface area contributed by atoms with Crippen molar-refractivity contribution in [1.29, 1.82) is 0 Å². The fraction of sp³-hybridized carbons (Fsp3) is 0.533. The molecule has 0 aromatic carbocycles. The summed E-state index contributed by atoms with van der Waals surface area (Å²) in [5, 5.41) is 3.38. The van der Waals surface area contributed by atoms with Gasteiger partial charge in [-0.1, -0.05) is 20.8 Å². The predicted octanol–water partition coefficient (Wildman–Crippen LogP) is 4.22. The Morgan fingerprint density at radius 3 is 2.33 bits per heavy atom. The Morgan fingerprint density at radius 1 is 1.22 bits per heavy atom. The zero-order valence-electron chi connectivity index (χ0n) is 12.2. The van der Waals surface area contributed by atoms with E-state index in [2.05, 4.69) is 57.7 Å². The summed E-state index contributed by atoms with van der Waals surface area (Å²) in [6.45, 7) is 14.1. The lowest BCUT2D eigenvalue weighted by Gasteiger charge is -2.14. The minimum atomic E-state index is 0.145. The van der Waals surface area contributed by atoms with Crippen LogP contribution in [0.5, 0.6) is 0 Å². The lowest BCUT2D eigenvalue weighted by atomic mass is 9.93. The van der Waals surface area contributed by atoms with E-state index in [1.54, 1.807) is 11.3 Å². The standard InChI is InChI=1S/C15H22N2S/c1-10-7-17(12(3)11(10)2)8-14-16-13(9-18-14)15(4,5)6/h7,9H,8H2,1-6H3. The maximum absolute atomic E-state index is 4.75. The molecule has 0 N–H and O–H groups in total. The predicted molar refractivity (Wildman–Crippen MR) is 78.6 cm³/mol. The largest absolute Gasteiger partial charge is 0.344 e. The molecule has 2 rings (SSSR count). The molecular weight excluding hydrogens is 240 g/mol. The van der Waals surface area contributed by atoms with Crippen LogP contribution in [0.1, 0.15) is 48.3 Å². The molecular formula is C15H22N2S. The number of aromatic nitrogens is 2. The van der Waals surface area contributed by atoms with E-state index in [0.29, 0.717) is 0 Å². The second kappa shape index (κ2) is 4.54. The summed E-state index contributed by atoms with van der Waals surface area (Å²) in [7, 11) is 0. The molecule has 2 nitrogen and oxygen atoms in total. The third kappa shape index (κ3) is 2.51. The van der Waals surface area contributed by atoms with Gasteiger partial charge in [-0.05, 0) is 31.9 Å². The van der Waals surface area contributed by atoms with Gasteiger partial charge in [-0.25, -0.2) is 4.98 Å². The minimum absolute atomic E-state index is 0.145. The summed E-state index contributed by atoms with van der Waals surface area (Å²) < 4.78 is 2.30. The molecule has 0 atom stereocenters. The molecule has 98 valence electrons. The lowest BCUT2D eigenvalue weighted by Crippen LogP contribution is -2.12. The van der Waals surface area contributed by atoms with E-state index in [-0.39, 0.29) is 5.41 Å². The highest BCUT2D eigenvalue weighted by molar-refractivity contribution is 7.09. The Labute approximate surface area is 114 Å². The molecule has 0 saturated carbocycles. The number of hydrogen-bond acceptors (Lipinski definition) is 2. The molecule has 0 aliphatic rings. The monoisotopic (exact) mass is 262 g/mol. The van der Waals surface area contributed by atoms with E-state index in [1.165, 1.54) is 27.5 Å². The lowest BCUT2D eigenvalue weighted by molar-refractivity contribution is 0.569. The molecule has 0 aliphatic carbocycles. The first-order valence-corrected chi connectivity index (χ1v) is 7.25. The summed E-state index contributed by atoms with van der Waals surface area (Å²) in [6, 6.07) is 0. The van der Waals surface area contributed by atoms with E-state index >= 15 is 0 Å². The topological polar surface area (TPSA) is 17.8 Å². The van der Waals surface area contributed by atoms with Crippen molar-refractivity contribution < 1.29 is 0 Å². The van der Waals surface area contributed by atoms with Crippen LogP contribution in [0.25, 0.3) is 0 Å². The average Bonchev–Trinajstić information content (AvgIpc) is 2.81. The van der Waals surface area contributed by atoms with E-state index < -0.39 is 0 Å². The second-order valence-electron chi connectivity index (χ2n) is 6.03. The molecule has 2 aromatic heterocycles. The van der Waals surface area contributed by atoms with Crippen molar-refractivity contribution in [1.82, 2.24) is 9.55 Å². The smallest absolute Gasteiger partial charge is 0.113 e. The Bertz CT molecular complexity index is 556. The first-order chi connectivity index (χ1) is 8.29. The molecule has 0 fully saturated rings. The highest BCUT2D eigenvalue weighted by Gasteiger charge is 2.17. The molecule has 2 aromatic rings. The van der Waals surface area contributed by atoms with Gasteiger partial charge < -0.3 is 4.57 Å². The van der Waals surface area contributed by atoms with Crippen LogP contribution in [0.4, 0.5) is 0 Å². The molecule has 0 bridgehead atoms. The van der Waals surface area contributed by atoms with Crippen LogP contribution in [-0.4, -0.2) is 9.55 Å². The average molecular weight is 262 g/mol. The number of aryl methyl sites for hydroxylation is 1. The molecule has 2 heterocycles. The van der Waals surface area contributed by atoms with Crippen LogP contribution >= 0.6 is 11.3 Å². The van der Waals surface area contributed by atoms with Gasteiger partial charge in [0, 0.05) is 22.7 Å². The van der Waals surface area contributed by atoms with Crippen molar-refractivity contribution in [2.24, 2.45) is 0 Å². The van der Waals surface area contributed by atoms with Crippen LogP contribution in [0.3, 0.4) is 0 Å². The van der Waals surface area contributed by atoms with Crippen molar-refractivity contribution in [2.45, 2.75) is 53.5 Å². The van der Waals surface area contributed by atoms with Gasteiger partial charge in [-0.3, -0.25) is 0 Å². The van der Waals surface area contributed by atoms with Gasteiger partial charge >= 0.3 is 0 Å². The number of rotatable bonds is 2. The first kappa shape index (κ1) is 13.3. The van der Waals surface area contributed by atoms with Crippen LogP contribution in [-0.2, 0) is 12.0 Å². The molecule has 0 saturated heterocycles. The highest BCUT2D eigenvalue weighted by atomic mass is 32.1.